The molecule has 23 nitrogen and oxygen atoms in total. The van der Waals surface area contributed by atoms with Crippen molar-refractivity contribution in [1.82, 2.24) is 0 Å². The van der Waals surface area contributed by atoms with E-state index in [-0.39, 0.29) is 37.4 Å². The van der Waals surface area contributed by atoms with Crippen LogP contribution in [0, 0.1) is 29.6 Å². The number of ether oxygens (including phenoxy) is 7. The van der Waals surface area contributed by atoms with E-state index >= 15 is 0 Å². The predicted molar refractivity (Wildman–Crippen MR) is 308 cm³/mol. The summed E-state index contributed by atoms with van der Waals surface area (Å²) in [5.41, 5.74) is -5.77. The molecule has 0 spiro atoms. The van der Waals surface area contributed by atoms with E-state index in [9.17, 15) is 40.5 Å². The molecule has 15 N–H and O–H groups in total. The Morgan fingerprint density at radius 1 is 0.488 bits per heavy atom. The quantitative estimate of drug-likeness (QED) is 0.0688. The van der Waals surface area contributed by atoms with Crippen LogP contribution >= 0.6 is 0 Å². The van der Waals surface area contributed by atoms with Gasteiger partial charge in [-0.15, -0.1) is 0 Å². The van der Waals surface area contributed by atoms with Gasteiger partial charge in [0.15, 0.2) is 11.6 Å². The van der Waals surface area contributed by atoms with Crippen molar-refractivity contribution in [3.05, 3.63) is 0 Å². The standard InChI is InChI=1S/C15H26O6.C13H26O2.C10H22O2.C9H18O6.C6H14O6.C5H10O.CH4/c1-12(2)15(16,10-8-18-14(5,6)20-10)11(21-12)9-7-17-13(3,4)19-9;1-7-9(3)11-13(14,10(4)8-2)12(5,6)15-11;1-5-7(3)9(11)10(12)8(4)6-2;1-8(2)9(14,6(13)4-11)7(15-8)5(12)3-10;7-1-3(9)5(11)6(12)4(10)2-8;1-3-5(2)4-6;/h9-11,16H,7-8H2,1-6H3;9-11,14H,7-8H2,1-6H3;7-12H,5-6H2,1-4H3;5-7,10-14H,3-4H2,1-2H3;3-12H,1-2H2;4-5H,3H2,1-2H3;1H4/t9-,10-,11-,15+;9-,10-,11-,13+;7-,8-,9-,10-;5-,6-,7-,9+;3-,4-,5-,6-;5-;/m111111./s1. The molecule has 5 fully saturated rings. The summed E-state index contributed by atoms with van der Waals surface area (Å²) in [4.78, 5) is 9.74. The first-order valence-corrected chi connectivity index (χ1v) is 29.2. The predicted octanol–water partition coefficient (Wildman–Crippen LogP) is 1.87. The number of hydrogen-bond donors (Lipinski definition) is 15. The number of aliphatic hydroxyl groups excluding tert-OH is 12. The molecule has 5 rings (SSSR count). The molecule has 0 saturated carbocycles. The summed E-state index contributed by atoms with van der Waals surface area (Å²) in [6, 6.07) is 0. The van der Waals surface area contributed by atoms with Crippen molar-refractivity contribution >= 4 is 6.29 Å². The summed E-state index contributed by atoms with van der Waals surface area (Å²) in [7, 11) is 0. The molecule has 5 saturated heterocycles. The lowest BCUT2D eigenvalue weighted by Crippen LogP contribution is -2.80. The first-order valence-electron chi connectivity index (χ1n) is 29.2. The van der Waals surface area contributed by atoms with Crippen LogP contribution in [0.4, 0.5) is 0 Å². The number of aliphatic hydroxyl groups is 15. The summed E-state index contributed by atoms with van der Waals surface area (Å²) in [5.74, 6) is 0.00875. The molecule has 23 heteroatoms. The minimum Gasteiger partial charge on any atom is -0.394 e. The van der Waals surface area contributed by atoms with Gasteiger partial charge in [-0.2, -0.15) is 0 Å². The van der Waals surface area contributed by atoms with Crippen LogP contribution in [0.2, 0.25) is 0 Å². The Hall–Kier alpha value is -1.21. The van der Waals surface area contributed by atoms with Crippen LogP contribution in [0.3, 0.4) is 0 Å². The molecule has 21 atom stereocenters. The van der Waals surface area contributed by atoms with E-state index in [1.807, 2.05) is 96.9 Å². The van der Waals surface area contributed by atoms with Gasteiger partial charge in [0, 0.05) is 5.92 Å². The monoisotopic (exact) mass is 1200 g/mol. The number of aldehydes is 1. The Labute approximate surface area is 491 Å². The molecule has 0 aromatic heterocycles. The first kappa shape index (κ1) is 82.9. The normalized spacial score (nSPS) is 33.4. The van der Waals surface area contributed by atoms with E-state index < -0.39 is 139 Å². The van der Waals surface area contributed by atoms with E-state index in [2.05, 4.69) is 27.7 Å². The molecule has 5 aliphatic heterocycles. The van der Waals surface area contributed by atoms with Gasteiger partial charge in [0.25, 0.3) is 0 Å². The second-order valence-corrected chi connectivity index (χ2v) is 25.2. The Balaban J connectivity index is 0. The lowest BCUT2D eigenvalue weighted by Gasteiger charge is -2.62. The first-order chi connectivity index (χ1) is 37.0. The second-order valence-electron chi connectivity index (χ2n) is 25.2. The highest BCUT2D eigenvalue weighted by Gasteiger charge is 2.71. The third-order valence-corrected chi connectivity index (χ3v) is 17.3. The molecule has 0 aromatic rings. The van der Waals surface area contributed by atoms with Crippen LogP contribution in [0.25, 0.3) is 0 Å². The minimum absolute atomic E-state index is 0. The fourth-order valence-electron chi connectivity index (χ4n) is 10.1. The fourth-order valence-corrected chi connectivity index (χ4v) is 10.1. The van der Waals surface area contributed by atoms with Gasteiger partial charge in [0.05, 0.1) is 74.8 Å². The van der Waals surface area contributed by atoms with E-state index in [1.54, 1.807) is 0 Å². The molecule has 82 heavy (non-hydrogen) atoms. The van der Waals surface area contributed by atoms with E-state index in [4.69, 9.17) is 74.0 Å². The zero-order valence-corrected chi connectivity index (χ0v) is 52.7. The van der Waals surface area contributed by atoms with Crippen LogP contribution in [-0.2, 0) is 38.0 Å². The second kappa shape index (κ2) is 34.5. The molecular weight excluding hydrogens is 1080 g/mol. The lowest BCUT2D eigenvalue weighted by atomic mass is 9.63. The average Bonchev–Trinajstić information content (AvgIpc) is 4.01. The van der Waals surface area contributed by atoms with E-state index in [1.165, 1.54) is 13.8 Å². The molecule has 0 aliphatic carbocycles. The molecule has 0 aromatic carbocycles. The van der Waals surface area contributed by atoms with Crippen LogP contribution in [0.1, 0.15) is 178 Å². The van der Waals surface area contributed by atoms with Crippen molar-refractivity contribution in [2.24, 2.45) is 29.6 Å². The van der Waals surface area contributed by atoms with Crippen molar-refractivity contribution in [3.8, 4) is 0 Å². The van der Waals surface area contributed by atoms with Crippen molar-refractivity contribution in [2.45, 2.75) is 303 Å². The Bertz CT molecular complexity index is 1650. The van der Waals surface area contributed by atoms with Gasteiger partial charge in [0.2, 0.25) is 0 Å². The molecule has 0 unspecified atom stereocenters. The van der Waals surface area contributed by atoms with Gasteiger partial charge in [-0.3, -0.25) is 0 Å². The van der Waals surface area contributed by atoms with Gasteiger partial charge in [-0.1, -0.05) is 102 Å². The maximum absolute atomic E-state index is 11.3. The third-order valence-electron chi connectivity index (χ3n) is 17.3. The summed E-state index contributed by atoms with van der Waals surface area (Å²) in [6.45, 7) is 36.7. The van der Waals surface area contributed by atoms with Gasteiger partial charge in [-0.05, 0) is 99.3 Å². The van der Waals surface area contributed by atoms with Gasteiger partial charge < -0.3 is 115 Å². The Morgan fingerprint density at radius 2 is 0.915 bits per heavy atom. The molecule has 0 amide bonds. The fraction of sp³-hybridized carbons (Fsp3) is 0.983. The average molecular weight is 1200 g/mol. The Morgan fingerprint density at radius 3 is 1.20 bits per heavy atom. The summed E-state index contributed by atoms with van der Waals surface area (Å²) < 4.78 is 39.9. The topological polar surface area (TPSA) is 385 Å². The molecule has 494 valence electrons. The molecule has 5 heterocycles. The molecule has 0 radical (unpaired) electrons. The minimum atomic E-state index is -1.76. The molecule has 0 bridgehead atoms. The van der Waals surface area contributed by atoms with Crippen LogP contribution in [0.15, 0.2) is 0 Å². The zero-order chi connectivity index (χ0) is 63.8. The molecule has 5 aliphatic rings. The maximum atomic E-state index is 11.3. The van der Waals surface area contributed by atoms with Crippen molar-refractivity contribution in [1.29, 1.82) is 0 Å². The van der Waals surface area contributed by atoms with Crippen molar-refractivity contribution in [3.63, 3.8) is 0 Å². The van der Waals surface area contributed by atoms with E-state index in [0.29, 0.717) is 25.0 Å². The smallest absolute Gasteiger partial charge is 0.163 e. The highest BCUT2D eigenvalue weighted by atomic mass is 16.8. The van der Waals surface area contributed by atoms with E-state index in [0.717, 1.165) is 38.4 Å². The van der Waals surface area contributed by atoms with Crippen LogP contribution in [0.5, 0.6) is 0 Å². The molecular formula is C59H120O23. The third kappa shape index (κ3) is 19.9. The number of carbonyl (C=O) groups is 1. The number of rotatable bonds is 22. The maximum Gasteiger partial charge on any atom is 0.163 e. The zero-order valence-electron chi connectivity index (χ0n) is 52.7. The Kier molecular flexibility index (Phi) is 34.9. The lowest BCUT2D eigenvalue weighted by molar-refractivity contribution is -0.386. The van der Waals surface area contributed by atoms with Gasteiger partial charge in [0.1, 0.15) is 84.1 Å². The highest BCUT2D eigenvalue weighted by Crippen LogP contribution is 2.53. The van der Waals surface area contributed by atoms with Gasteiger partial charge >= 0.3 is 0 Å². The number of carbonyl (C=O) groups excluding carboxylic acids is 1. The van der Waals surface area contributed by atoms with Crippen LogP contribution < -0.4 is 0 Å². The SMILES string of the molecule is C.CC1(C)OC[C@H]([C@H]2OC(C)(C)[C@]2(O)[C@H]2COC(C)(C)O2)O1.CC1(C)O[C@H]([C@H](O)CO)[C@@]1(O)[C@H](O)CO.CC[C@@H](C)C=O.CC[C@@H](C)[C@@H](O)[C@H](O)[C@H](C)CC.CC[C@@H](C)[C@H]1OC(C)(C)[C@]1(O)[C@H](C)CC.OC[C@@H](O)[C@@H](O)[C@H](O)[C@H](O)CO. The van der Waals surface area contributed by atoms with Crippen molar-refractivity contribution < 1.29 is 115 Å². The van der Waals surface area contributed by atoms with Gasteiger partial charge in [-0.25, -0.2) is 0 Å². The highest BCUT2D eigenvalue weighted by molar-refractivity contribution is 5.52. The summed E-state index contributed by atoms with van der Waals surface area (Å²) in [6.07, 6.45) is -6.77. The van der Waals surface area contributed by atoms with Crippen LogP contribution in [-0.4, -0.2) is 247 Å². The number of hydrogen-bond acceptors (Lipinski definition) is 23. The summed E-state index contributed by atoms with van der Waals surface area (Å²) in [5, 5.41) is 140. The van der Waals surface area contributed by atoms with Crippen molar-refractivity contribution in [2.75, 3.05) is 39.6 Å². The largest absolute Gasteiger partial charge is 0.394 e. The summed E-state index contributed by atoms with van der Waals surface area (Å²) >= 11 is 0.